The lowest BCUT2D eigenvalue weighted by atomic mass is 10.1. The summed E-state index contributed by atoms with van der Waals surface area (Å²) in [6, 6.07) is 10.1. The molecule has 5 nitrogen and oxygen atoms in total. The molecule has 1 amide bonds. The second kappa shape index (κ2) is 7.22. The van der Waals surface area contributed by atoms with Crippen molar-refractivity contribution in [1.29, 1.82) is 0 Å². The molecule has 1 aromatic heterocycles. The van der Waals surface area contributed by atoms with Crippen molar-refractivity contribution in [3.05, 3.63) is 53.3 Å². The number of carbonyl (C=O) groups is 1. The number of aryl methyl sites for hydroxylation is 1. The topological polar surface area (TPSA) is 58.1 Å². The molecule has 3 rings (SSSR count). The van der Waals surface area contributed by atoms with E-state index in [0.717, 1.165) is 31.2 Å². The maximum Gasteiger partial charge on any atom is 0.254 e. The first-order valence-electron chi connectivity index (χ1n) is 8.15. The molecule has 120 valence electrons. The first-order chi connectivity index (χ1) is 11.2. The third-order valence-corrected chi connectivity index (χ3v) is 4.14. The first-order valence-corrected chi connectivity index (χ1v) is 8.15. The van der Waals surface area contributed by atoms with Crippen LogP contribution >= 0.6 is 0 Å². The van der Waals surface area contributed by atoms with E-state index in [-0.39, 0.29) is 5.91 Å². The molecule has 5 heteroatoms. The summed E-state index contributed by atoms with van der Waals surface area (Å²) >= 11 is 0. The van der Waals surface area contributed by atoms with Crippen LogP contribution in [0.15, 0.2) is 36.5 Å². The largest absolute Gasteiger partial charge is 0.352 e. The van der Waals surface area contributed by atoms with Gasteiger partial charge in [0.25, 0.3) is 5.91 Å². The molecule has 2 aromatic rings. The number of hydrogen-bond donors (Lipinski definition) is 1. The van der Waals surface area contributed by atoms with Crippen molar-refractivity contribution in [2.75, 3.05) is 24.5 Å². The van der Waals surface area contributed by atoms with Crippen LogP contribution in [0, 0.1) is 6.92 Å². The van der Waals surface area contributed by atoms with Gasteiger partial charge in [-0.1, -0.05) is 30.3 Å². The number of hydrogen-bond acceptors (Lipinski definition) is 4. The Kier molecular flexibility index (Phi) is 4.86. The van der Waals surface area contributed by atoms with Gasteiger partial charge in [-0.3, -0.25) is 4.79 Å². The Balaban J connectivity index is 1.58. The van der Waals surface area contributed by atoms with Crippen LogP contribution in [0.25, 0.3) is 0 Å². The second-order valence-electron chi connectivity index (χ2n) is 5.85. The second-order valence-corrected chi connectivity index (χ2v) is 5.85. The van der Waals surface area contributed by atoms with Gasteiger partial charge in [-0.25, -0.2) is 9.97 Å². The zero-order valence-electron chi connectivity index (χ0n) is 13.5. The number of nitrogens with zero attached hydrogens (tertiary/aromatic N) is 3. The average Bonchev–Trinajstić information content (AvgIpc) is 3.10. The molecule has 1 aliphatic heterocycles. The lowest BCUT2D eigenvalue weighted by molar-refractivity contribution is 0.0952. The lowest BCUT2D eigenvalue weighted by Crippen LogP contribution is -2.28. The molecule has 0 aliphatic carbocycles. The molecule has 1 fully saturated rings. The van der Waals surface area contributed by atoms with Crippen LogP contribution in [-0.2, 0) is 6.42 Å². The SMILES string of the molecule is Cc1nc(N2CCCC2)ncc1C(=O)NCCc1ccccc1. The van der Waals surface area contributed by atoms with Gasteiger partial charge in [0, 0.05) is 25.8 Å². The molecule has 1 N–H and O–H groups in total. The monoisotopic (exact) mass is 310 g/mol. The Morgan fingerprint density at radius 2 is 1.96 bits per heavy atom. The Morgan fingerprint density at radius 1 is 1.22 bits per heavy atom. The highest BCUT2D eigenvalue weighted by Crippen LogP contribution is 2.16. The van der Waals surface area contributed by atoms with E-state index in [2.05, 4.69) is 32.3 Å². The van der Waals surface area contributed by atoms with Crippen molar-refractivity contribution in [2.24, 2.45) is 0 Å². The van der Waals surface area contributed by atoms with E-state index in [1.165, 1.54) is 18.4 Å². The third-order valence-electron chi connectivity index (χ3n) is 4.14. The molecule has 1 aliphatic rings. The first kappa shape index (κ1) is 15.5. The van der Waals surface area contributed by atoms with Crippen LogP contribution in [0.1, 0.15) is 34.5 Å². The predicted octanol–water partition coefficient (Wildman–Crippen LogP) is 2.36. The minimum Gasteiger partial charge on any atom is -0.352 e. The minimum atomic E-state index is -0.105. The van der Waals surface area contributed by atoms with Crippen molar-refractivity contribution in [2.45, 2.75) is 26.2 Å². The molecule has 0 atom stereocenters. The molecule has 0 saturated carbocycles. The van der Waals surface area contributed by atoms with E-state index in [1.807, 2.05) is 25.1 Å². The Morgan fingerprint density at radius 3 is 2.65 bits per heavy atom. The van der Waals surface area contributed by atoms with Crippen molar-refractivity contribution < 1.29 is 4.79 Å². The van der Waals surface area contributed by atoms with E-state index in [1.54, 1.807) is 6.20 Å². The van der Waals surface area contributed by atoms with Gasteiger partial charge in [-0.2, -0.15) is 0 Å². The quantitative estimate of drug-likeness (QED) is 0.921. The fraction of sp³-hybridized carbons (Fsp3) is 0.389. The highest BCUT2D eigenvalue weighted by molar-refractivity contribution is 5.95. The lowest BCUT2D eigenvalue weighted by Gasteiger charge is -2.16. The number of anilines is 1. The summed E-state index contributed by atoms with van der Waals surface area (Å²) in [5.74, 6) is 0.632. The zero-order chi connectivity index (χ0) is 16.1. The highest BCUT2D eigenvalue weighted by atomic mass is 16.1. The molecule has 2 heterocycles. The number of rotatable bonds is 5. The third kappa shape index (κ3) is 3.86. The highest BCUT2D eigenvalue weighted by Gasteiger charge is 2.17. The van der Waals surface area contributed by atoms with E-state index >= 15 is 0 Å². The van der Waals surface area contributed by atoms with Crippen molar-refractivity contribution in [3.8, 4) is 0 Å². The van der Waals surface area contributed by atoms with E-state index in [9.17, 15) is 4.79 Å². The van der Waals surface area contributed by atoms with Crippen LogP contribution in [0.4, 0.5) is 5.95 Å². The van der Waals surface area contributed by atoms with E-state index in [4.69, 9.17) is 0 Å². The Hall–Kier alpha value is -2.43. The molecular weight excluding hydrogens is 288 g/mol. The molecular formula is C18H22N4O. The molecule has 0 radical (unpaired) electrons. The zero-order valence-corrected chi connectivity index (χ0v) is 13.5. The van der Waals surface area contributed by atoms with Gasteiger partial charge in [0.1, 0.15) is 0 Å². The van der Waals surface area contributed by atoms with Gasteiger partial charge in [0.15, 0.2) is 0 Å². The normalized spacial score (nSPS) is 14.0. The standard InChI is InChI=1S/C18H22N4O/c1-14-16(13-20-18(21-14)22-11-5-6-12-22)17(23)19-10-9-15-7-3-2-4-8-15/h2-4,7-8,13H,5-6,9-12H2,1H3,(H,19,23). The molecule has 1 saturated heterocycles. The summed E-state index contributed by atoms with van der Waals surface area (Å²) in [6.07, 6.45) is 4.83. The summed E-state index contributed by atoms with van der Waals surface area (Å²) in [5, 5.41) is 2.94. The van der Waals surface area contributed by atoms with Crippen LogP contribution in [0.5, 0.6) is 0 Å². The van der Waals surface area contributed by atoms with Gasteiger partial charge in [0.05, 0.1) is 11.3 Å². The van der Waals surface area contributed by atoms with Crippen LogP contribution in [0.2, 0.25) is 0 Å². The van der Waals surface area contributed by atoms with E-state index in [0.29, 0.717) is 12.1 Å². The van der Waals surface area contributed by atoms with Crippen molar-refractivity contribution in [1.82, 2.24) is 15.3 Å². The van der Waals surface area contributed by atoms with Crippen molar-refractivity contribution >= 4 is 11.9 Å². The summed E-state index contributed by atoms with van der Waals surface area (Å²) < 4.78 is 0. The number of benzene rings is 1. The van der Waals surface area contributed by atoms with Gasteiger partial charge < -0.3 is 10.2 Å². The Labute approximate surface area is 136 Å². The smallest absolute Gasteiger partial charge is 0.254 e. The van der Waals surface area contributed by atoms with Gasteiger partial charge >= 0.3 is 0 Å². The number of amides is 1. The molecule has 0 spiro atoms. The number of carbonyl (C=O) groups excluding carboxylic acids is 1. The Bertz CT molecular complexity index is 666. The van der Waals surface area contributed by atoms with E-state index < -0.39 is 0 Å². The maximum atomic E-state index is 12.3. The molecule has 0 bridgehead atoms. The van der Waals surface area contributed by atoms with Gasteiger partial charge in [-0.15, -0.1) is 0 Å². The van der Waals surface area contributed by atoms with Crippen LogP contribution < -0.4 is 10.2 Å². The van der Waals surface area contributed by atoms with Gasteiger partial charge in [0.2, 0.25) is 5.95 Å². The summed E-state index contributed by atoms with van der Waals surface area (Å²) in [6.45, 7) is 4.48. The maximum absolute atomic E-state index is 12.3. The fourth-order valence-corrected chi connectivity index (χ4v) is 2.81. The molecule has 23 heavy (non-hydrogen) atoms. The summed E-state index contributed by atoms with van der Waals surface area (Å²) in [4.78, 5) is 23.3. The molecule has 0 unspecified atom stereocenters. The average molecular weight is 310 g/mol. The summed E-state index contributed by atoms with van der Waals surface area (Å²) in [7, 11) is 0. The molecule has 1 aromatic carbocycles. The van der Waals surface area contributed by atoms with Gasteiger partial charge in [-0.05, 0) is 31.7 Å². The number of aromatic nitrogens is 2. The number of nitrogens with one attached hydrogen (secondary N) is 1. The van der Waals surface area contributed by atoms with Crippen LogP contribution in [0.3, 0.4) is 0 Å². The minimum absolute atomic E-state index is 0.105. The summed E-state index contributed by atoms with van der Waals surface area (Å²) in [5.41, 5.74) is 2.50. The fourth-order valence-electron chi connectivity index (χ4n) is 2.81. The van der Waals surface area contributed by atoms with Crippen molar-refractivity contribution in [3.63, 3.8) is 0 Å². The predicted molar refractivity (Wildman–Crippen MR) is 90.7 cm³/mol. The van der Waals surface area contributed by atoms with Crippen LogP contribution in [-0.4, -0.2) is 35.5 Å².